The van der Waals surface area contributed by atoms with Crippen molar-refractivity contribution in [3.63, 3.8) is 0 Å². The number of hydrogen-bond acceptors (Lipinski definition) is 2. The van der Waals surface area contributed by atoms with Crippen molar-refractivity contribution in [3.8, 4) is 12.3 Å². The number of terminal acetylenes is 1. The molecule has 2 amide bonds. The number of carboxylic acids is 1. The van der Waals surface area contributed by atoms with Gasteiger partial charge in [-0.2, -0.15) is 0 Å². The molecule has 0 heterocycles. The number of carbonyl (C=O) groups excluding carboxylic acids is 1. The van der Waals surface area contributed by atoms with Crippen molar-refractivity contribution in [2.24, 2.45) is 0 Å². The van der Waals surface area contributed by atoms with Crippen molar-refractivity contribution in [1.29, 1.82) is 0 Å². The quantitative estimate of drug-likeness (QED) is 0.778. The van der Waals surface area contributed by atoms with Crippen molar-refractivity contribution in [2.45, 2.75) is 19.4 Å². The van der Waals surface area contributed by atoms with Crippen LogP contribution in [-0.4, -0.2) is 35.1 Å². The standard InChI is InChI=1S/C15H18N2O3/c1-3-10-17(11-14(18)19)15(20)16-13(4-2)12-8-6-5-7-9-12/h1,5-9,13H,4,10-11H2,2H3,(H,16,20)(H,18,19). The highest BCUT2D eigenvalue weighted by atomic mass is 16.4. The topological polar surface area (TPSA) is 69.6 Å². The maximum absolute atomic E-state index is 12.1. The summed E-state index contributed by atoms with van der Waals surface area (Å²) >= 11 is 0. The summed E-state index contributed by atoms with van der Waals surface area (Å²) in [7, 11) is 0. The molecule has 0 bridgehead atoms. The number of carbonyl (C=O) groups is 2. The number of aliphatic carboxylic acids is 1. The highest BCUT2D eigenvalue weighted by molar-refractivity contribution is 5.80. The minimum Gasteiger partial charge on any atom is -0.480 e. The molecule has 2 N–H and O–H groups in total. The van der Waals surface area contributed by atoms with Crippen LogP contribution in [0.2, 0.25) is 0 Å². The Morgan fingerprint density at radius 3 is 2.55 bits per heavy atom. The summed E-state index contributed by atoms with van der Waals surface area (Å²) in [6.45, 7) is 1.49. The number of nitrogens with zero attached hydrogens (tertiary/aromatic N) is 1. The van der Waals surface area contributed by atoms with E-state index in [-0.39, 0.29) is 12.6 Å². The van der Waals surface area contributed by atoms with E-state index >= 15 is 0 Å². The molecule has 0 aliphatic rings. The van der Waals surface area contributed by atoms with Crippen molar-refractivity contribution in [2.75, 3.05) is 13.1 Å². The molecular weight excluding hydrogens is 256 g/mol. The van der Waals surface area contributed by atoms with Gasteiger partial charge in [0.25, 0.3) is 0 Å². The molecule has 1 atom stereocenters. The van der Waals surface area contributed by atoms with Gasteiger partial charge in [-0.05, 0) is 12.0 Å². The minimum atomic E-state index is -1.09. The molecule has 5 heteroatoms. The normalized spacial score (nSPS) is 11.2. The fourth-order valence-corrected chi connectivity index (χ4v) is 1.82. The second-order valence-electron chi connectivity index (χ2n) is 4.27. The average Bonchev–Trinajstić information content (AvgIpc) is 2.44. The molecule has 1 aromatic carbocycles. The Morgan fingerprint density at radius 1 is 1.40 bits per heavy atom. The van der Waals surface area contributed by atoms with E-state index in [9.17, 15) is 9.59 Å². The number of benzene rings is 1. The zero-order chi connectivity index (χ0) is 15.0. The Kier molecular flexibility index (Phi) is 6.11. The third kappa shape index (κ3) is 4.65. The highest BCUT2D eigenvalue weighted by Crippen LogP contribution is 2.16. The number of amides is 2. The molecule has 0 fully saturated rings. The molecule has 106 valence electrons. The van der Waals surface area contributed by atoms with Gasteiger partial charge < -0.3 is 15.3 Å². The van der Waals surface area contributed by atoms with Crippen LogP contribution in [0.25, 0.3) is 0 Å². The SMILES string of the molecule is C#CCN(CC(=O)O)C(=O)NC(CC)c1ccccc1. The van der Waals surface area contributed by atoms with Gasteiger partial charge in [-0.15, -0.1) is 6.42 Å². The van der Waals surface area contributed by atoms with Crippen molar-refractivity contribution in [1.82, 2.24) is 10.2 Å². The smallest absolute Gasteiger partial charge is 0.323 e. The van der Waals surface area contributed by atoms with Crippen LogP contribution in [0.5, 0.6) is 0 Å². The molecule has 0 radical (unpaired) electrons. The van der Waals surface area contributed by atoms with Gasteiger partial charge in [0, 0.05) is 0 Å². The van der Waals surface area contributed by atoms with E-state index in [2.05, 4.69) is 11.2 Å². The van der Waals surface area contributed by atoms with Crippen LogP contribution < -0.4 is 5.32 Å². The van der Waals surface area contributed by atoms with Gasteiger partial charge in [0.2, 0.25) is 0 Å². The lowest BCUT2D eigenvalue weighted by Gasteiger charge is -2.23. The maximum atomic E-state index is 12.1. The lowest BCUT2D eigenvalue weighted by atomic mass is 10.1. The lowest BCUT2D eigenvalue weighted by molar-refractivity contribution is -0.137. The first-order valence-electron chi connectivity index (χ1n) is 6.34. The fourth-order valence-electron chi connectivity index (χ4n) is 1.82. The molecule has 20 heavy (non-hydrogen) atoms. The largest absolute Gasteiger partial charge is 0.480 e. The fraction of sp³-hybridized carbons (Fsp3) is 0.333. The van der Waals surface area contributed by atoms with Crippen LogP contribution in [0, 0.1) is 12.3 Å². The molecule has 0 aliphatic heterocycles. The third-order valence-corrected chi connectivity index (χ3v) is 2.80. The van der Waals surface area contributed by atoms with Gasteiger partial charge in [0.1, 0.15) is 6.54 Å². The summed E-state index contributed by atoms with van der Waals surface area (Å²) in [5.41, 5.74) is 0.972. The molecule has 0 aliphatic carbocycles. The van der Waals surface area contributed by atoms with Gasteiger partial charge in [0.05, 0.1) is 12.6 Å². The highest BCUT2D eigenvalue weighted by Gasteiger charge is 2.19. The lowest BCUT2D eigenvalue weighted by Crippen LogP contribution is -2.44. The van der Waals surface area contributed by atoms with Gasteiger partial charge in [-0.25, -0.2) is 4.79 Å². The molecule has 5 nitrogen and oxygen atoms in total. The monoisotopic (exact) mass is 274 g/mol. The number of nitrogens with one attached hydrogen (secondary N) is 1. The summed E-state index contributed by atoms with van der Waals surface area (Å²) in [6, 6.07) is 8.86. The first-order valence-corrected chi connectivity index (χ1v) is 6.34. The van der Waals surface area contributed by atoms with Gasteiger partial charge in [-0.3, -0.25) is 4.79 Å². The van der Waals surface area contributed by atoms with E-state index in [1.807, 2.05) is 37.3 Å². The Labute approximate surface area is 118 Å². The summed E-state index contributed by atoms with van der Waals surface area (Å²) in [4.78, 5) is 23.9. The summed E-state index contributed by atoms with van der Waals surface area (Å²) in [5.74, 6) is 1.19. The van der Waals surface area contributed by atoms with E-state index in [1.54, 1.807) is 0 Å². The zero-order valence-corrected chi connectivity index (χ0v) is 11.4. The molecule has 0 saturated heterocycles. The number of urea groups is 1. The van der Waals surface area contributed by atoms with Crippen LogP contribution in [0.3, 0.4) is 0 Å². The van der Waals surface area contributed by atoms with Crippen LogP contribution in [0.4, 0.5) is 4.79 Å². The Morgan fingerprint density at radius 2 is 2.05 bits per heavy atom. The average molecular weight is 274 g/mol. The number of rotatable bonds is 6. The van der Waals surface area contributed by atoms with Crippen LogP contribution in [0.15, 0.2) is 30.3 Å². The molecule has 1 unspecified atom stereocenters. The van der Waals surface area contributed by atoms with E-state index in [4.69, 9.17) is 11.5 Å². The van der Waals surface area contributed by atoms with Crippen LogP contribution in [-0.2, 0) is 4.79 Å². The second-order valence-corrected chi connectivity index (χ2v) is 4.27. The van der Waals surface area contributed by atoms with Crippen molar-refractivity contribution in [3.05, 3.63) is 35.9 Å². The van der Waals surface area contributed by atoms with Crippen molar-refractivity contribution < 1.29 is 14.7 Å². The summed E-state index contributed by atoms with van der Waals surface area (Å²) in [5, 5.41) is 11.6. The van der Waals surface area contributed by atoms with E-state index in [0.717, 1.165) is 10.5 Å². The first-order chi connectivity index (χ1) is 9.58. The van der Waals surface area contributed by atoms with E-state index in [0.29, 0.717) is 6.42 Å². The van der Waals surface area contributed by atoms with Crippen molar-refractivity contribution >= 4 is 12.0 Å². The predicted molar refractivity (Wildman–Crippen MR) is 76.0 cm³/mol. The Balaban J connectivity index is 2.75. The van der Waals surface area contributed by atoms with E-state index in [1.165, 1.54) is 0 Å². The predicted octanol–water partition coefficient (Wildman–Crippen LogP) is 1.87. The third-order valence-electron chi connectivity index (χ3n) is 2.80. The zero-order valence-electron chi connectivity index (χ0n) is 11.4. The van der Waals surface area contributed by atoms with Gasteiger partial charge >= 0.3 is 12.0 Å². The Bertz CT molecular complexity index is 494. The maximum Gasteiger partial charge on any atom is 0.323 e. The second kappa shape index (κ2) is 7.85. The molecule has 1 aromatic rings. The molecule has 0 saturated carbocycles. The number of carboxylic acid groups (broad SMARTS) is 1. The van der Waals surface area contributed by atoms with Gasteiger partial charge in [0.15, 0.2) is 0 Å². The first kappa shape index (κ1) is 15.6. The molecule has 0 aromatic heterocycles. The summed E-state index contributed by atoms with van der Waals surface area (Å²) < 4.78 is 0. The minimum absolute atomic E-state index is 0.0383. The van der Waals surface area contributed by atoms with Crippen LogP contribution >= 0.6 is 0 Å². The molecular formula is C15H18N2O3. The Hall–Kier alpha value is -2.48. The van der Waals surface area contributed by atoms with Gasteiger partial charge in [-0.1, -0.05) is 43.2 Å². The van der Waals surface area contributed by atoms with E-state index < -0.39 is 18.5 Å². The molecule has 1 rings (SSSR count). The van der Waals surface area contributed by atoms with Crippen LogP contribution in [0.1, 0.15) is 24.9 Å². The molecule has 0 spiro atoms. The number of hydrogen-bond donors (Lipinski definition) is 2. The summed E-state index contributed by atoms with van der Waals surface area (Å²) in [6.07, 6.45) is 5.85.